The minimum absolute atomic E-state index is 0.0891. The zero-order valence-electron chi connectivity index (χ0n) is 11.0. The number of sulfonamides is 1. The van der Waals surface area contributed by atoms with Crippen LogP contribution in [0.1, 0.15) is 12.0 Å². The summed E-state index contributed by atoms with van der Waals surface area (Å²) in [5.41, 5.74) is 0.236. The summed E-state index contributed by atoms with van der Waals surface area (Å²) in [4.78, 5) is 10.4. The van der Waals surface area contributed by atoms with Crippen molar-refractivity contribution in [3.63, 3.8) is 0 Å². The maximum absolute atomic E-state index is 12.1. The molecule has 2 N–H and O–H groups in total. The summed E-state index contributed by atoms with van der Waals surface area (Å²) < 4.78 is 31.3. The van der Waals surface area contributed by atoms with Gasteiger partial charge in [0.2, 0.25) is 10.0 Å². The summed E-state index contributed by atoms with van der Waals surface area (Å²) in [5, 5.41) is 17.3. The van der Waals surface area contributed by atoms with Crippen LogP contribution in [0.2, 0.25) is 5.02 Å². The largest absolute Gasteiger partial charge is 0.481 e. The van der Waals surface area contributed by atoms with Crippen LogP contribution in [0.4, 0.5) is 0 Å². The number of carboxylic acid groups (broad SMARTS) is 1. The highest BCUT2D eigenvalue weighted by Gasteiger charge is 2.21. The summed E-state index contributed by atoms with van der Waals surface area (Å²) in [6, 6.07) is 5.62. The van der Waals surface area contributed by atoms with Gasteiger partial charge in [-0.1, -0.05) is 11.6 Å². The number of carboxylic acids is 1. The van der Waals surface area contributed by atoms with Gasteiger partial charge < -0.3 is 9.84 Å². The molecule has 0 fully saturated rings. The minimum atomic E-state index is -3.92. The average Bonchev–Trinajstić information content (AvgIpc) is 2.42. The molecule has 7 nitrogen and oxygen atoms in total. The number of benzene rings is 1. The molecule has 0 heterocycles. The van der Waals surface area contributed by atoms with Crippen LogP contribution in [0.15, 0.2) is 23.1 Å². The first kappa shape index (κ1) is 17.4. The molecule has 0 saturated carbocycles. The summed E-state index contributed by atoms with van der Waals surface area (Å²) >= 11 is 5.83. The molecule has 21 heavy (non-hydrogen) atoms. The van der Waals surface area contributed by atoms with E-state index in [1.807, 2.05) is 6.07 Å². The fraction of sp³-hybridized carbons (Fsp3) is 0.333. The SMILES string of the molecule is COC(CNS(=O)(=O)c1ccc(C#N)cc1Cl)CC(=O)O. The summed E-state index contributed by atoms with van der Waals surface area (Å²) in [7, 11) is -2.63. The lowest BCUT2D eigenvalue weighted by molar-refractivity contribution is -0.139. The Labute approximate surface area is 127 Å². The molecule has 9 heteroatoms. The van der Waals surface area contributed by atoms with E-state index in [9.17, 15) is 13.2 Å². The number of carbonyl (C=O) groups is 1. The Morgan fingerprint density at radius 1 is 1.57 bits per heavy atom. The number of nitrogens with one attached hydrogen (secondary N) is 1. The van der Waals surface area contributed by atoms with Crippen LogP contribution in [-0.4, -0.2) is 39.3 Å². The second kappa shape index (κ2) is 7.38. The van der Waals surface area contributed by atoms with Crippen LogP contribution in [0, 0.1) is 11.3 Å². The Kier molecular flexibility index (Phi) is 6.11. The van der Waals surface area contributed by atoms with Gasteiger partial charge in [-0.05, 0) is 18.2 Å². The third kappa shape index (κ3) is 4.99. The third-order valence-electron chi connectivity index (χ3n) is 2.59. The predicted octanol–water partition coefficient (Wildman–Crippen LogP) is 0.980. The molecule has 1 atom stereocenters. The number of nitrogens with zero attached hydrogens (tertiary/aromatic N) is 1. The summed E-state index contributed by atoms with van der Waals surface area (Å²) in [6.45, 7) is -0.207. The van der Waals surface area contributed by atoms with E-state index < -0.39 is 22.1 Å². The van der Waals surface area contributed by atoms with Crippen molar-refractivity contribution in [3.8, 4) is 6.07 Å². The first-order valence-electron chi connectivity index (χ1n) is 5.74. The number of hydrogen-bond donors (Lipinski definition) is 2. The molecule has 0 radical (unpaired) electrons. The van der Waals surface area contributed by atoms with Gasteiger partial charge in [0.15, 0.2) is 0 Å². The van der Waals surface area contributed by atoms with Gasteiger partial charge in [0.05, 0.1) is 29.2 Å². The molecule has 0 aliphatic heterocycles. The lowest BCUT2D eigenvalue weighted by atomic mass is 10.2. The molecule has 0 aliphatic rings. The van der Waals surface area contributed by atoms with Gasteiger partial charge in [-0.2, -0.15) is 5.26 Å². The second-order valence-electron chi connectivity index (χ2n) is 4.06. The van der Waals surface area contributed by atoms with Crippen LogP contribution in [-0.2, 0) is 19.6 Å². The normalized spacial score (nSPS) is 12.6. The molecule has 1 aromatic rings. The lowest BCUT2D eigenvalue weighted by Gasteiger charge is -2.14. The fourth-order valence-electron chi connectivity index (χ4n) is 1.50. The van der Waals surface area contributed by atoms with Gasteiger partial charge in [-0.3, -0.25) is 4.79 Å². The highest BCUT2D eigenvalue weighted by Crippen LogP contribution is 2.22. The van der Waals surface area contributed by atoms with Crippen LogP contribution >= 0.6 is 11.6 Å². The van der Waals surface area contributed by atoms with E-state index in [-0.39, 0.29) is 28.4 Å². The Bertz CT molecular complexity index is 669. The molecule has 1 aromatic carbocycles. The fourth-order valence-corrected chi connectivity index (χ4v) is 3.11. The molecular formula is C12H13ClN2O5S. The summed E-state index contributed by atoms with van der Waals surface area (Å²) in [6.07, 6.45) is -1.13. The van der Waals surface area contributed by atoms with E-state index in [4.69, 9.17) is 26.7 Å². The first-order valence-corrected chi connectivity index (χ1v) is 7.60. The van der Waals surface area contributed by atoms with Gasteiger partial charge in [-0.25, -0.2) is 13.1 Å². The molecule has 0 saturated heterocycles. The molecule has 0 spiro atoms. The number of aliphatic carboxylic acids is 1. The third-order valence-corrected chi connectivity index (χ3v) is 4.49. The van der Waals surface area contributed by atoms with Crippen LogP contribution in [0.5, 0.6) is 0 Å². The quantitative estimate of drug-likeness (QED) is 0.768. The average molecular weight is 333 g/mol. The van der Waals surface area contributed by atoms with Crippen molar-refractivity contribution in [2.24, 2.45) is 0 Å². The van der Waals surface area contributed by atoms with E-state index in [1.54, 1.807) is 0 Å². The van der Waals surface area contributed by atoms with Gasteiger partial charge in [0.25, 0.3) is 0 Å². The lowest BCUT2D eigenvalue weighted by Crippen LogP contribution is -2.34. The smallest absolute Gasteiger partial charge is 0.306 e. The number of methoxy groups -OCH3 is 1. The number of hydrogen-bond acceptors (Lipinski definition) is 5. The van der Waals surface area contributed by atoms with Gasteiger partial charge >= 0.3 is 5.97 Å². The van der Waals surface area contributed by atoms with Crippen LogP contribution in [0.25, 0.3) is 0 Å². The standard InChI is InChI=1S/C12H13ClN2O5S/c1-20-9(5-12(16)17)7-15-21(18,19)11-3-2-8(6-14)4-10(11)13/h2-4,9,15H,5,7H2,1H3,(H,16,17). The second-order valence-corrected chi connectivity index (χ2v) is 6.21. The predicted molar refractivity (Wildman–Crippen MR) is 74.4 cm³/mol. The van der Waals surface area contributed by atoms with Crippen molar-refractivity contribution in [2.75, 3.05) is 13.7 Å². The Balaban J connectivity index is 2.87. The highest BCUT2D eigenvalue weighted by molar-refractivity contribution is 7.89. The van der Waals surface area contributed by atoms with Gasteiger partial charge in [-0.15, -0.1) is 0 Å². The Morgan fingerprint density at radius 2 is 2.24 bits per heavy atom. The molecule has 1 rings (SSSR count). The number of rotatable bonds is 7. The van der Waals surface area contributed by atoms with Crippen molar-refractivity contribution >= 4 is 27.6 Å². The zero-order valence-corrected chi connectivity index (χ0v) is 12.6. The Morgan fingerprint density at radius 3 is 2.71 bits per heavy atom. The zero-order chi connectivity index (χ0) is 16.0. The van der Waals surface area contributed by atoms with Crippen molar-refractivity contribution in [3.05, 3.63) is 28.8 Å². The molecule has 114 valence electrons. The maximum atomic E-state index is 12.1. The van der Waals surface area contributed by atoms with Gasteiger partial charge in [0, 0.05) is 13.7 Å². The topological polar surface area (TPSA) is 116 Å². The number of ether oxygens (including phenoxy) is 1. The number of nitriles is 1. The van der Waals surface area contributed by atoms with Crippen molar-refractivity contribution in [1.82, 2.24) is 4.72 Å². The van der Waals surface area contributed by atoms with Crippen molar-refractivity contribution in [1.29, 1.82) is 5.26 Å². The first-order chi connectivity index (χ1) is 9.80. The molecule has 0 aliphatic carbocycles. The monoisotopic (exact) mass is 332 g/mol. The van der Waals surface area contributed by atoms with Crippen molar-refractivity contribution in [2.45, 2.75) is 17.4 Å². The van der Waals surface area contributed by atoms with Gasteiger partial charge in [0.1, 0.15) is 4.90 Å². The molecule has 0 amide bonds. The maximum Gasteiger partial charge on any atom is 0.306 e. The van der Waals surface area contributed by atoms with E-state index >= 15 is 0 Å². The minimum Gasteiger partial charge on any atom is -0.481 e. The highest BCUT2D eigenvalue weighted by atomic mass is 35.5. The number of halogens is 1. The van der Waals surface area contributed by atoms with Crippen LogP contribution in [0.3, 0.4) is 0 Å². The van der Waals surface area contributed by atoms with Crippen LogP contribution < -0.4 is 4.72 Å². The van der Waals surface area contributed by atoms with E-state index in [0.717, 1.165) is 0 Å². The summed E-state index contributed by atoms with van der Waals surface area (Å²) in [5.74, 6) is -1.10. The van der Waals surface area contributed by atoms with Crippen molar-refractivity contribution < 1.29 is 23.1 Å². The van der Waals surface area contributed by atoms with E-state index in [0.29, 0.717) is 0 Å². The molecule has 0 aromatic heterocycles. The molecular weight excluding hydrogens is 320 g/mol. The molecule has 0 bridgehead atoms. The Hall–Kier alpha value is -1.66. The van der Waals surface area contributed by atoms with E-state index in [2.05, 4.69) is 4.72 Å². The van der Waals surface area contributed by atoms with E-state index in [1.165, 1.54) is 25.3 Å². The molecule has 1 unspecified atom stereocenters.